The number of carboxylic acid groups (broad SMARTS) is 1. The van der Waals surface area contributed by atoms with E-state index in [4.69, 9.17) is 9.29 Å². The molecule has 1 aliphatic carbocycles. The lowest BCUT2D eigenvalue weighted by Gasteiger charge is -2.32. The number of carbonyl (C=O) groups is 2. The van der Waals surface area contributed by atoms with Crippen molar-refractivity contribution in [2.75, 3.05) is 23.3 Å². The molecule has 3 N–H and O–H groups in total. The number of carbonyl (C=O) groups excluding carboxylic acids is 1. The van der Waals surface area contributed by atoms with Crippen molar-refractivity contribution in [1.29, 1.82) is 0 Å². The molecule has 34 heavy (non-hydrogen) atoms. The normalized spacial score (nSPS) is 17.0. The molecule has 0 spiro atoms. The van der Waals surface area contributed by atoms with Crippen LogP contribution in [0.1, 0.15) is 25.7 Å². The molecule has 2 aromatic carbocycles. The number of hydrogen-bond acceptors (Lipinski definition) is 7. The number of rotatable bonds is 7. The number of carboxylic acids is 1. The number of hydrogen-bond donors (Lipinski definition) is 3. The minimum atomic E-state index is -4.06. The number of nitrogens with zero attached hydrogens (tertiary/aromatic N) is 2. The standard InChI is InChI=1S/C23H24N4O6S/c28-21(14-1-2-14)26-23-24-19-8-5-17(13-20(19)25-23)33-34(31,32)18-6-3-16(4-7-18)27-11-9-15(10-12-27)22(29)30/h3-8,13-15H,1-2,9-12H2,(H,29,30)(H2,24,25,26,28). The van der Waals surface area contributed by atoms with Gasteiger partial charge in [-0.1, -0.05) is 0 Å². The summed E-state index contributed by atoms with van der Waals surface area (Å²) in [6, 6.07) is 11.0. The number of H-pyrrole nitrogens is 1. The van der Waals surface area contributed by atoms with Crippen molar-refractivity contribution in [2.45, 2.75) is 30.6 Å². The molecule has 3 aromatic rings. The highest BCUT2D eigenvalue weighted by molar-refractivity contribution is 7.87. The molecule has 0 bridgehead atoms. The second-order valence-electron chi connectivity index (χ2n) is 8.66. The molecule has 0 unspecified atom stereocenters. The molecule has 0 radical (unpaired) electrons. The van der Waals surface area contributed by atoms with Gasteiger partial charge < -0.3 is 19.2 Å². The summed E-state index contributed by atoms with van der Waals surface area (Å²) in [6.07, 6.45) is 2.87. The van der Waals surface area contributed by atoms with Gasteiger partial charge in [-0.05, 0) is 62.1 Å². The number of imidazole rings is 1. The van der Waals surface area contributed by atoms with E-state index in [0.29, 0.717) is 42.9 Å². The van der Waals surface area contributed by atoms with E-state index in [9.17, 15) is 18.0 Å². The maximum atomic E-state index is 12.8. The Bertz CT molecular complexity index is 1340. The SMILES string of the molecule is O=C(O)C1CCN(c2ccc(S(=O)(=O)Oc3ccc4nc(NC(=O)C5CC5)[nH]c4c3)cc2)CC1. The molecular formula is C23H24N4O6S. The summed E-state index contributed by atoms with van der Waals surface area (Å²) >= 11 is 0. The van der Waals surface area contributed by atoms with E-state index in [1.54, 1.807) is 18.2 Å². The summed E-state index contributed by atoms with van der Waals surface area (Å²) in [4.78, 5) is 32.4. The zero-order valence-electron chi connectivity index (χ0n) is 18.2. The van der Waals surface area contributed by atoms with E-state index >= 15 is 0 Å². The van der Waals surface area contributed by atoms with Gasteiger partial charge in [0.1, 0.15) is 10.6 Å². The van der Waals surface area contributed by atoms with Gasteiger partial charge in [0.25, 0.3) is 0 Å². The van der Waals surface area contributed by atoms with Crippen LogP contribution in [0.4, 0.5) is 11.6 Å². The van der Waals surface area contributed by atoms with Crippen LogP contribution in [-0.4, -0.2) is 48.5 Å². The van der Waals surface area contributed by atoms with Crippen LogP contribution in [-0.2, 0) is 19.7 Å². The fourth-order valence-corrected chi connectivity index (χ4v) is 4.97. The molecule has 1 saturated carbocycles. The van der Waals surface area contributed by atoms with Crippen molar-refractivity contribution in [3.8, 4) is 5.75 Å². The lowest BCUT2D eigenvalue weighted by Crippen LogP contribution is -2.36. The highest BCUT2D eigenvalue weighted by atomic mass is 32.2. The smallest absolute Gasteiger partial charge is 0.339 e. The van der Waals surface area contributed by atoms with E-state index in [-0.39, 0.29) is 28.4 Å². The molecule has 178 valence electrons. The predicted molar refractivity (Wildman–Crippen MR) is 124 cm³/mol. The Hall–Kier alpha value is -3.60. The first-order chi connectivity index (χ1) is 16.3. The van der Waals surface area contributed by atoms with Crippen LogP contribution in [0.3, 0.4) is 0 Å². The lowest BCUT2D eigenvalue weighted by atomic mass is 9.97. The zero-order valence-corrected chi connectivity index (χ0v) is 19.0. The number of fused-ring (bicyclic) bond motifs is 1. The van der Waals surface area contributed by atoms with E-state index < -0.39 is 16.1 Å². The first-order valence-electron chi connectivity index (χ1n) is 11.1. The third-order valence-electron chi connectivity index (χ3n) is 6.18. The third-order valence-corrected chi connectivity index (χ3v) is 7.45. The molecular weight excluding hydrogens is 460 g/mol. The number of amides is 1. The van der Waals surface area contributed by atoms with Crippen LogP contribution in [0.25, 0.3) is 11.0 Å². The summed E-state index contributed by atoms with van der Waals surface area (Å²) in [5.74, 6) is -0.702. The van der Waals surface area contributed by atoms with Crippen molar-refractivity contribution < 1.29 is 27.3 Å². The van der Waals surface area contributed by atoms with Crippen LogP contribution in [0.15, 0.2) is 47.4 Å². The van der Waals surface area contributed by atoms with E-state index in [2.05, 4.69) is 15.3 Å². The quantitative estimate of drug-likeness (QED) is 0.435. The van der Waals surface area contributed by atoms with Crippen molar-refractivity contribution in [1.82, 2.24) is 9.97 Å². The van der Waals surface area contributed by atoms with Crippen LogP contribution >= 0.6 is 0 Å². The molecule has 1 aromatic heterocycles. The molecule has 10 nitrogen and oxygen atoms in total. The van der Waals surface area contributed by atoms with Crippen molar-refractivity contribution in [3.05, 3.63) is 42.5 Å². The number of anilines is 2. The van der Waals surface area contributed by atoms with Gasteiger partial charge in [-0.15, -0.1) is 0 Å². The van der Waals surface area contributed by atoms with Gasteiger partial charge in [-0.25, -0.2) is 4.98 Å². The Balaban J connectivity index is 1.26. The zero-order chi connectivity index (χ0) is 23.9. The number of aromatic amines is 1. The van der Waals surface area contributed by atoms with Gasteiger partial charge in [0, 0.05) is 30.8 Å². The van der Waals surface area contributed by atoms with Crippen molar-refractivity contribution in [3.63, 3.8) is 0 Å². The lowest BCUT2D eigenvalue weighted by molar-refractivity contribution is -0.142. The van der Waals surface area contributed by atoms with Crippen LogP contribution in [0.5, 0.6) is 5.75 Å². The van der Waals surface area contributed by atoms with E-state index in [1.165, 1.54) is 24.3 Å². The average molecular weight is 485 g/mol. The van der Waals surface area contributed by atoms with Crippen molar-refractivity contribution in [2.24, 2.45) is 11.8 Å². The predicted octanol–water partition coefficient (Wildman–Crippen LogP) is 2.98. The fraction of sp³-hybridized carbons (Fsp3) is 0.348. The molecule has 1 aliphatic heterocycles. The Morgan fingerprint density at radius 3 is 2.38 bits per heavy atom. The maximum Gasteiger partial charge on any atom is 0.339 e. The highest BCUT2D eigenvalue weighted by Gasteiger charge is 2.30. The molecule has 11 heteroatoms. The minimum absolute atomic E-state index is 0.0127. The minimum Gasteiger partial charge on any atom is -0.481 e. The van der Waals surface area contributed by atoms with E-state index in [1.807, 2.05) is 4.90 Å². The summed E-state index contributed by atoms with van der Waals surface area (Å²) in [5, 5.41) is 11.9. The Morgan fingerprint density at radius 1 is 1.03 bits per heavy atom. The topological polar surface area (TPSA) is 142 Å². The molecule has 5 rings (SSSR count). The highest BCUT2D eigenvalue weighted by Crippen LogP contribution is 2.31. The Kier molecular flexibility index (Phi) is 5.64. The van der Waals surface area contributed by atoms with Gasteiger partial charge in [0.05, 0.1) is 17.0 Å². The fourth-order valence-electron chi connectivity index (χ4n) is 4.05. The van der Waals surface area contributed by atoms with Gasteiger partial charge >= 0.3 is 16.1 Å². The van der Waals surface area contributed by atoms with Gasteiger partial charge in [0.2, 0.25) is 11.9 Å². The summed E-state index contributed by atoms with van der Waals surface area (Å²) in [5.41, 5.74) is 1.95. The second-order valence-corrected chi connectivity index (χ2v) is 10.2. The summed E-state index contributed by atoms with van der Waals surface area (Å²) in [6.45, 7) is 1.21. The Labute approximate surface area is 196 Å². The monoisotopic (exact) mass is 484 g/mol. The van der Waals surface area contributed by atoms with E-state index in [0.717, 1.165) is 18.5 Å². The molecule has 1 saturated heterocycles. The second kappa shape index (κ2) is 8.64. The van der Waals surface area contributed by atoms with Gasteiger partial charge in [-0.2, -0.15) is 8.42 Å². The number of aliphatic carboxylic acids is 1. The number of benzene rings is 2. The third kappa shape index (κ3) is 4.69. The molecule has 2 heterocycles. The molecule has 2 aliphatic rings. The number of aromatic nitrogens is 2. The average Bonchev–Trinajstić information content (AvgIpc) is 3.60. The first kappa shape index (κ1) is 22.2. The molecule has 0 atom stereocenters. The van der Waals surface area contributed by atoms with Crippen molar-refractivity contribution >= 4 is 44.7 Å². The van der Waals surface area contributed by atoms with Gasteiger partial charge in [0.15, 0.2) is 0 Å². The number of nitrogens with one attached hydrogen (secondary N) is 2. The maximum absolute atomic E-state index is 12.8. The molecule has 2 fully saturated rings. The summed E-state index contributed by atoms with van der Waals surface area (Å²) < 4.78 is 30.9. The number of piperidine rings is 1. The van der Waals surface area contributed by atoms with Crippen LogP contribution in [0, 0.1) is 11.8 Å². The van der Waals surface area contributed by atoms with Crippen LogP contribution in [0.2, 0.25) is 0 Å². The first-order valence-corrected chi connectivity index (χ1v) is 12.5. The largest absolute Gasteiger partial charge is 0.481 e. The Morgan fingerprint density at radius 2 is 1.74 bits per heavy atom. The van der Waals surface area contributed by atoms with Crippen LogP contribution < -0.4 is 14.4 Å². The van der Waals surface area contributed by atoms with Gasteiger partial charge in [-0.3, -0.25) is 14.9 Å². The summed E-state index contributed by atoms with van der Waals surface area (Å²) in [7, 11) is -4.06. The molecule has 1 amide bonds.